The molecule has 3 heterocycles. The predicted octanol–water partition coefficient (Wildman–Crippen LogP) is 7.56. The van der Waals surface area contributed by atoms with E-state index in [1.165, 1.54) is 21.5 Å². The Morgan fingerprint density at radius 1 is 0.656 bits per heavy atom. The molecular formula is C29H31N3. The standard InChI is InChI=1S/C29H31N3/c1-28(2,3)24-18-31(26-13-9-7-11-22(24)26)20-15-21(17-30-16-20)32-19-25(29(4,5)6)23-12-8-10-14-27(23)32/h7-19H,1-6H3/i7D,8D,9D,10D,11D,12D,13D,14D,18D,19D. The van der Waals surface area contributed by atoms with Gasteiger partial charge in [0.1, 0.15) is 0 Å². The van der Waals surface area contributed by atoms with Gasteiger partial charge in [0.15, 0.2) is 0 Å². The van der Waals surface area contributed by atoms with E-state index >= 15 is 0 Å². The van der Waals surface area contributed by atoms with Crippen LogP contribution >= 0.6 is 0 Å². The highest BCUT2D eigenvalue weighted by molar-refractivity contribution is 5.88. The fourth-order valence-electron chi connectivity index (χ4n) is 3.89. The summed E-state index contributed by atoms with van der Waals surface area (Å²) >= 11 is 0. The number of aromatic nitrogens is 3. The van der Waals surface area contributed by atoms with Gasteiger partial charge < -0.3 is 9.13 Å². The number of rotatable bonds is 2. The fraction of sp³-hybridized carbons (Fsp3) is 0.276. The van der Waals surface area contributed by atoms with Crippen molar-refractivity contribution in [3.63, 3.8) is 0 Å². The Kier molecular flexibility index (Phi) is 2.67. The molecule has 0 amide bonds. The van der Waals surface area contributed by atoms with Gasteiger partial charge in [0.05, 0.1) is 48.5 Å². The van der Waals surface area contributed by atoms with Crippen molar-refractivity contribution in [1.29, 1.82) is 0 Å². The van der Waals surface area contributed by atoms with Crippen LogP contribution < -0.4 is 0 Å². The SMILES string of the molecule is [2H]c1c([2H])c([2H])c2c(c1[2H])c(C(C)(C)C)c([2H])n2-c1cncc(-n2c([2H])c(C(C)(C)C)c3c([2H])c([2H])c([2H])c([2H])c32)c1. The number of hydrogen-bond donors (Lipinski definition) is 0. The van der Waals surface area contributed by atoms with E-state index in [0.717, 1.165) is 0 Å². The Balaban J connectivity index is 1.93. The Hall–Kier alpha value is -3.33. The first-order chi connectivity index (χ1) is 19.3. The average molecular weight is 432 g/mol. The summed E-state index contributed by atoms with van der Waals surface area (Å²) in [5, 5.41) is 0.501. The lowest BCUT2D eigenvalue weighted by Crippen LogP contribution is -2.10. The maximum Gasteiger partial charge on any atom is 0.0826 e. The Morgan fingerprint density at radius 2 is 1.06 bits per heavy atom. The number of hydrogen-bond acceptors (Lipinski definition) is 1. The van der Waals surface area contributed by atoms with E-state index < -0.39 is 22.9 Å². The van der Waals surface area contributed by atoms with Gasteiger partial charge >= 0.3 is 0 Å². The zero-order chi connectivity index (χ0) is 31.4. The summed E-state index contributed by atoms with van der Waals surface area (Å²) in [5.41, 5.74) is 0.508. The minimum absolute atomic E-state index is 0.0239. The van der Waals surface area contributed by atoms with E-state index in [2.05, 4.69) is 4.98 Å². The summed E-state index contributed by atoms with van der Waals surface area (Å²) in [7, 11) is 0. The van der Waals surface area contributed by atoms with Crippen molar-refractivity contribution in [2.45, 2.75) is 52.4 Å². The van der Waals surface area contributed by atoms with Crippen LogP contribution in [0.25, 0.3) is 33.2 Å². The summed E-state index contributed by atoms with van der Waals surface area (Å²) in [6.07, 6.45) is 2.88. The first kappa shape index (κ1) is 12.1. The van der Waals surface area contributed by atoms with Crippen molar-refractivity contribution in [1.82, 2.24) is 14.1 Å². The molecule has 0 saturated heterocycles. The lowest BCUT2D eigenvalue weighted by atomic mass is 9.87. The second-order valence-electron chi connectivity index (χ2n) is 9.99. The molecule has 0 radical (unpaired) electrons. The Labute approximate surface area is 204 Å². The Bertz CT molecular complexity index is 1820. The molecule has 0 unspecified atom stereocenters. The van der Waals surface area contributed by atoms with Crippen molar-refractivity contribution < 1.29 is 13.7 Å². The van der Waals surface area contributed by atoms with Gasteiger partial charge in [0.25, 0.3) is 0 Å². The molecule has 5 aromatic rings. The molecule has 162 valence electrons. The molecule has 0 N–H and O–H groups in total. The van der Waals surface area contributed by atoms with E-state index in [1.54, 1.807) is 6.07 Å². The third-order valence-corrected chi connectivity index (χ3v) is 5.46. The van der Waals surface area contributed by atoms with Gasteiger partial charge in [-0.05, 0) is 40.1 Å². The molecule has 2 aromatic carbocycles. The van der Waals surface area contributed by atoms with Gasteiger partial charge in [-0.1, -0.05) is 77.8 Å². The molecule has 0 saturated carbocycles. The maximum atomic E-state index is 9.15. The smallest absolute Gasteiger partial charge is 0.0826 e. The van der Waals surface area contributed by atoms with E-state index in [-0.39, 0.29) is 70.4 Å². The number of benzene rings is 2. The van der Waals surface area contributed by atoms with Gasteiger partial charge in [-0.15, -0.1) is 0 Å². The zero-order valence-corrected chi connectivity index (χ0v) is 19.1. The molecule has 3 nitrogen and oxygen atoms in total. The molecule has 3 aromatic heterocycles. The predicted molar refractivity (Wildman–Crippen MR) is 135 cm³/mol. The van der Waals surface area contributed by atoms with Gasteiger partial charge in [-0.25, -0.2) is 0 Å². The minimum atomic E-state index is -0.639. The fourth-order valence-corrected chi connectivity index (χ4v) is 3.89. The quantitative estimate of drug-likeness (QED) is 0.283. The second kappa shape index (κ2) is 7.09. The summed E-state index contributed by atoms with van der Waals surface area (Å²) in [6, 6.07) is -1.06. The van der Waals surface area contributed by atoms with Gasteiger partial charge in [-0.3, -0.25) is 4.98 Å². The third kappa shape index (κ3) is 3.33. The summed E-state index contributed by atoms with van der Waals surface area (Å²) < 4.78 is 89.1. The molecule has 3 heteroatoms. The van der Waals surface area contributed by atoms with Crippen molar-refractivity contribution in [2.75, 3.05) is 0 Å². The van der Waals surface area contributed by atoms with Crippen LogP contribution in [0.3, 0.4) is 0 Å². The molecule has 0 aliphatic heterocycles. The molecule has 0 fully saturated rings. The lowest BCUT2D eigenvalue weighted by molar-refractivity contribution is 0.594. The molecule has 0 aliphatic rings. The van der Waals surface area contributed by atoms with Crippen LogP contribution in [0.2, 0.25) is 0 Å². The number of nitrogens with zero attached hydrogens (tertiary/aromatic N) is 3. The van der Waals surface area contributed by atoms with Gasteiger partial charge in [-0.2, -0.15) is 0 Å². The van der Waals surface area contributed by atoms with Crippen LogP contribution in [-0.2, 0) is 10.8 Å². The number of fused-ring (bicyclic) bond motifs is 2. The minimum Gasteiger partial charge on any atom is -0.315 e. The molecular weight excluding hydrogens is 390 g/mol. The molecule has 0 aliphatic carbocycles. The van der Waals surface area contributed by atoms with Crippen LogP contribution in [-0.4, -0.2) is 14.1 Å². The van der Waals surface area contributed by atoms with E-state index in [0.29, 0.717) is 22.5 Å². The highest BCUT2D eigenvalue weighted by Gasteiger charge is 2.22. The number of pyridine rings is 1. The molecule has 5 rings (SSSR count). The van der Waals surface area contributed by atoms with E-state index in [9.17, 15) is 0 Å². The van der Waals surface area contributed by atoms with Crippen LogP contribution in [0.4, 0.5) is 0 Å². The number of para-hydroxylation sites is 2. The zero-order valence-electron chi connectivity index (χ0n) is 29.1. The second-order valence-corrected chi connectivity index (χ2v) is 9.99. The van der Waals surface area contributed by atoms with Crippen LogP contribution in [0.1, 0.15) is 66.4 Å². The van der Waals surface area contributed by atoms with Gasteiger partial charge in [0.2, 0.25) is 0 Å². The average Bonchev–Trinajstić information content (AvgIpc) is 3.40. The topological polar surface area (TPSA) is 22.8 Å². The Morgan fingerprint density at radius 3 is 1.47 bits per heavy atom. The highest BCUT2D eigenvalue weighted by Crippen LogP contribution is 2.35. The lowest BCUT2D eigenvalue weighted by Gasteiger charge is -2.17. The van der Waals surface area contributed by atoms with Crippen molar-refractivity contribution in [2.24, 2.45) is 0 Å². The molecule has 0 atom stereocenters. The monoisotopic (exact) mass is 431 g/mol. The first-order valence-corrected chi connectivity index (χ1v) is 10.5. The maximum absolute atomic E-state index is 9.15. The third-order valence-electron chi connectivity index (χ3n) is 5.46. The van der Waals surface area contributed by atoms with Crippen molar-refractivity contribution in [3.05, 3.63) is 90.3 Å². The van der Waals surface area contributed by atoms with Crippen LogP contribution in [0.5, 0.6) is 0 Å². The summed E-state index contributed by atoms with van der Waals surface area (Å²) in [6.45, 7) is 11.2. The highest BCUT2D eigenvalue weighted by atomic mass is 15.0. The normalized spacial score (nSPS) is 17.1. The van der Waals surface area contributed by atoms with Crippen molar-refractivity contribution in [3.8, 4) is 11.4 Å². The summed E-state index contributed by atoms with van der Waals surface area (Å²) in [4.78, 5) is 4.37. The first-order valence-electron chi connectivity index (χ1n) is 15.5. The summed E-state index contributed by atoms with van der Waals surface area (Å²) in [5.74, 6) is 0. The molecule has 32 heavy (non-hydrogen) atoms. The largest absolute Gasteiger partial charge is 0.315 e. The van der Waals surface area contributed by atoms with Crippen molar-refractivity contribution >= 4 is 21.8 Å². The molecule has 0 bridgehead atoms. The van der Waals surface area contributed by atoms with E-state index in [1.807, 2.05) is 41.5 Å². The molecule has 0 spiro atoms. The van der Waals surface area contributed by atoms with E-state index in [4.69, 9.17) is 13.7 Å². The van der Waals surface area contributed by atoms with Crippen LogP contribution in [0, 0.1) is 0 Å². The van der Waals surface area contributed by atoms with Gasteiger partial charge in [0, 0.05) is 23.1 Å². The van der Waals surface area contributed by atoms with Crippen LogP contribution in [0.15, 0.2) is 79.1 Å².